The van der Waals surface area contributed by atoms with Crippen molar-refractivity contribution < 1.29 is 9.50 Å². The summed E-state index contributed by atoms with van der Waals surface area (Å²) in [6.07, 6.45) is 1.82. The molecule has 96 valence electrons. The van der Waals surface area contributed by atoms with E-state index in [4.69, 9.17) is 5.73 Å². The van der Waals surface area contributed by atoms with Crippen LogP contribution in [0, 0.1) is 11.7 Å². The monoisotopic (exact) mass is 239 g/mol. The Hall–Kier alpha value is -0.930. The number of hydrogen-bond donors (Lipinski definition) is 2. The maximum atomic E-state index is 12.9. The summed E-state index contributed by atoms with van der Waals surface area (Å²) in [6.45, 7) is 4.66. The lowest BCUT2D eigenvalue weighted by molar-refractivity contribution is 0.181. The predicted molar refractivity (Wildman–Crippen MR) is 68.3 cm³/mol. The van der Waals surface area contributed by atoms with Crippen LogP contribution in [-0.2, 0) is 5.41 Å². The van der Waals surface area contributed by atoms with Gasteiger partial charge >= 0.3 is 0 Å². The number of aliphatic hydroxyl groups excluding tert-OH is 1. The molecule has 1 atom stereocenters. The van der Waals surface area contributed by atoms with Crippen LogP contribution >= 0.6 is 0 Å². The lowest BCUT2D eigenvalue weighted by Crippen LogP contribution is -2.39. The fourth-order valence-electron chi connectivity index (χ4n) is 1.97. The van der Waals surface area contributed by atoms with Crippen molar-refractivity contribution in [2.24, 2.45) is 11.7 Å². The first kappa shape index (κ1) is 14.1. The largest absolute Gasteiger partial charge is 0.395 e. The van der Waals surface area contributed by atoms with Crippen molar-refractivity contribution in [3.63, 3.8) is 0 Å². The molecule has 2 nitrogen and oxygen atoms in total. The molecule has 0 aliphatic carbocycles. The first-order valence-corrected chi connectivity index (χ1v) is 6.11. The predicted octanol–water partition coefficient (Wildman–Crippen LogP) is 2.45. The second-order valence-corrected chi connectivity index (χ2v) is 5.08. The molecule has 1 rings (SSSR count). The van der Waals surface area contributed by atoms with Crippen molar-refractivity contribution in [1.29, 1.82) is 0 Å². The molecule has 0 saturated heterocycles. The fraction of sp³-hybridized carbons (Fsp3) is 0.571. The van der Waals surface area contributed by atoms with Gasteiger partial charge in [0.1, 0.15) is 5.82 Å². The van der Waals surface area contributed by atoms with Gasteiger partial charge < -0.3 is 10.8 Å². The van der Waals surface area contributed by atoms with E-state index in [1.165, 1.54) is 12.1 Å². The van der Waals surface area contributed by atoms with Gasteiger partial charge in [-0.2, -0.15) is 0 Å². The third kappa shape index (κ3) is 3.51. The van der Waals surface area contributed by atoms with Crippen molar-refractivity contribution >= 4 is 0 Å². The topological polar surface area (TPSA) is 46.2 Å². The Morgan fingerprint density at radius 1 is 1.29 bits per heavy atom. The molecule has 17 heavy (non-hydrogen) atoms. The molecule has 0 saturated carbocycles. The molecule has 0 heterocycles. The highest BCUT2D eigenvalue weighted by atomic mass is 19.1. The minimum absolute atomic E-state index is 0.00184. The number of benzene rings is 1. The van der Waals surface area contributed by atoms with Crippen LogP contribution in [0.3, 0.4) is 0 Å². The first-order chi connectivity index (χ1) is 8.04. The molecule has 0 aliphatic heterocycles. The van der Waals surface area contributed by atoms with E-state index in [1.54, 1.807) is 12.1 Å². The second kappa shape index (κ2) is 6.12. The van der Waals surface area contributed by atoms with E-state index in [9.17, 15) is 9.50 Å². The van der Waals surface area contributed by atoms with Crippen LogP contribution in [0.15, 0.2) is 24.3 Å². The van der Waals surface area contributed by atoms with E-state index in [-0.39, 0.29) is 12.4 Å². The Balaban J connectivity index is 2.93. The van der Waals surface area contributed by atoms with Crippen LogP contribution in [0.25, 0.3) is 0 Å². The van der Waals surface area contributed by atoms with Gasteiger partial charge in [0.25, 0.3) is 0 Å². The molecule has 0 radical (unpaired) electrons. The Kier molecular flexibility index (Phi) is 5.09. The van der Waals surface area contributed by atoms with Gasteiger partial charge in [-0.25, -0.2) is 4.39 Å². The summed E-state index contributed by atoms with van der Waals surface area (Å²) in [4.78, 5) is 0. The van der Waals surface area contributed by atoms with Crippen molar-refractivity contribution in [3.05, 3.63) is 35.6 Å². The smallest absolute Gasteiger partial charge is 0.123 e. The normalized spacial score (nSPS) is 14.9. The lowest BCUT2D eigenvalue weighted by Gasteiger charge is -2.32. The maximum Gasteiger partial charge on any atom is 0.123 e. The highest BCUT2D eigenvalue weighted by Gasteiger charge is 2.29. The zero-order valence-electron chi connectivity index (χ0n) is 10.6. The van der Waals surface area contributed by atoms with Gasteiger partial charge in [0.2, 0.25) is 0 Å². The van der Waals surface area contributed by atoms with Gasteiger partial charge in [0, 0.05) is 12.0 Å². The van der Waals surface area contributed by atoms with Crippen molar-refractivity contribution in [2.75, 3.05) is 13.2 Å². The van der Waals surface area contributed by atoms with E-state index >= 15 is 0 Å². The van der Waals surface area contributed by atoms with Crippen molar-refractivity contribution in [1.82, 2.24) is 0 Å². The molecule has 3 heteroatoms. The Bertz CT molecular complexity index is 331. The number of nitrogens with two attached hydrogens (primary N) is 1. The summed E-state index contributed by atoms with van der Waals surface area (Å²) < 4.78 is 12.9. The standard InChI is InChI=1S/C14H22FNO/c1-11(2)7-8-14(9-16,10-17)12-3-5-13(15)6-4-12/h3-6,11,17H,7-10,16H2,1-2H3. The highest BCUT2D eigenvalue weighted by Crippen LogP contribution is 2.29. The number of rotatable bonds is 6. The highest BCUT2D eigenvalue weighted by molar-refractivity contribution is 5.26. The van der Waals surface area contributed by atoms with Crippen LogP contribution in [0.4, 0.5) is 4.39 Å². The average Bonchev–Trinajstić information content (AvgIpc) is 2.32. The summed E-state index contributed by atoms with van der Waals surface area (Å²) in [5.41, 5.74) is 6.31. The zero-order valence-corrected chi connectivity index (χ0v) is 10.6. The molecular formula is C14H22FNO. The van der Waals surface area contributed by atoms with Gasteiger partial charge in [0.05, 0.1) is 6.61 Å². The minimum atomic E-state index is -0.433. The lowest BCUT2D eigenvalue weighted by atomic mass is 9.76. The summed E-state index contributed by atoms with van der Waals surface area (Å²) in [7, 11) is 0. The third-order valence-corrected chi connectivity index (χ3v) is 3.35. The Morgan fingerprint density at radius 3 is 2.29 bits per heavy atom. The van der Waals surface area contributed by atoms with Crippen LogP contribution in [0.2, 0.25) is 0 Å². The molecule has 1 aromatic carbocycles. The molecule has 0 spiro atoms. The van der Waals surface area contributed by atoms with Gasteiger partial charge in [-0.1, -0.05) is 26.0 Å². The molecule has 1 unspecified atom stereocenters. The molecule has 0 aromatic heterocycles. The van der Waals surface area contributed by atoms with E-state index < -0.39 is 5.41 Å². The van der Waals surface area contributed by atoms with E-state index in [0.717, 1.165) is 18.4 Å². The Labute approximate surface area is 103 Å². The van der Waals surface area contributed by atoms with E-state index in [2.05, 4.69) is 13.8 Å². The molecule has 0 bridgehead atoms. The maximum absolute atomic E-state index is 12.9. The number of halogens is 1. The summed E-state index contributed by atoms with van der Waals surface area (Å²) in [5.74, 6) is 0.300. The van der Waals surface area contributed by atoms with Crippen molar-refractivity contribution in [3.8, 4) is 0 Å². The average molecular weight is 239 g/mol. The third-order valence-electron chi connectivity index (χ3n) is 3.35. The fourth-order valence-corrected chi connectivity index (χ4v) is 1.97. The van der Waals surface area contributed by atoms with Gasteiger partial charge in [-0.05, 0) is 36.5 Å². The first-order valence-electron chi connectivity index (χ1n) is 6.11. The quantitative estimate of drug-likeness (QED) is 0.801. The number of aliphatic hydroxyl groups is 1. The molecule has 1 aromatic rings. The number of hydrogen-bond acceptors (Lipinski definition) is 2. The van der Waals surface area contributed by atoms with Gasteiger partial charge in [-0.3, -0.25) is 0 Å². The summed E-state index contributed by atoms with van der Waals surface area (Å²) in [6, 6.07) is 6.28. The van der Waals surface area contributed by atoms with Crippen LogP contribution in [0.1, 0.15) is 32.3 Å². The second-order valence-electron chi connectivity index (χ2n) is 5.08. The Morgan fingerprint density at radius 2 is 1.88 bits per heavy atom. The molecule has 0 aliphatic rings. The van der Waals surface area contributed by atoms with Gasteiger partial charge in [-0.15, -0.1) is 0 Å². The van der Waals surface area contributed by atoms with Crippen LogP contribution in [-0.4, -0.2) is 18.3 Å². The minimum Gasteiger partial charge on any atom is -0.395 e. The van der Waals surface area contributed by atoms with Gasteiger partial charge in [0.15, 0.2) is 0 Å². The molecule has 0 fully saturated rings. The molecule has 3 N–H and O–H groups in total. The van der Waals surface area contributed by atoms with E-state index in [0.29, 0.717) is 12.5 Å². The summed E-state index contributed by atoms with van der Waals surface area (Å²) >= 11 is 0. The van der Waals surface area contributed by atoms with Crippen LogP contribution < -0.4 is 5.73 Å². The summed E-state index contributed by atoms with van der Waals surface area (Å²) in [5, 5.41) is 9.64. The molecular weight excluding hydrogens is 217 g/mol. The molecule has 0 amide bonds. The van der Waals surface area contributed by atoms with Crippen LogP contribution in [0.5, 0.6) is 0 Å². The van der Waals surface area contributed by atoms with Crippen molar-refractivity contribution in [2.45, 2.75) is 32.1 Å². The SMILES string of the molecule is CC(C)CCC(CN)(CO)c1ccc(F)cc1. The zero-order chi connectivity index (χ0) is 12.9. The van der Waals surface area contributed by atoms with E-state index in [1.807, 2.05) is 0 Å².